The molecule has 1 aliphatic heterocycles. The molecule has 0 aliphatic carbocycles. The summed E-state index contributed by atoms with van der Waals surface area (Å²) in [5.41, 5.74) is 2.22. The van der Waals surface area contributed by atoms with Crippen LogP contribution >= 0.6 is 22.9 Å². The van der Waals surface area contributed by atoms with Crippen LogP contribution in [0.4, 0.5) is 0 Å². The van der Waals surface area contributed by atoms with Crippen LogP contribution < -0.4 is 0 Å². The lowest BCUT2D eigenvalue weighted by Gasteiger charge is -2.21. The van der Waals surface area contributed by atoms with E-state index in [0.29, 0.717) is 5.41 Å². The van der Waals surface area contributed by atoms with Gasteiger partial charge in [-0.15, -0.1) is 22.9 Å². The maximum Gasteiger partial charge on any atom is 0.0794 e. The van der Waals surface area contributed by atoms with Crippen LogP contribution in [0.5, 0.6) is 0 Å². The van der Waals surface area contributed by atoms with Crippen molar-refractivity contribution in [3.8, 4) is 0 Å². The number of hydrogen-bond acceptors (Lipinski definition) is 3. The smallest absolute Gasteiger partial charge is 0.0794 e. The van der Waals surface area contributed by atoms with Crippen molar-refractivity contribution in [2.24, 2.45) is 5.41 Å². The van der Waals surface area contributed by atoms with E-state index < -0.39 is 0 Å². The van der Waals surface area contributed by atoms with Crippen LogP contribution in [0, 0.1) is 5.41 Å². The van der Waals surface area contributed by atoms with Crippen LogP contribution in [0.2, 0.25) is 0 Å². The number of alkyl halides is 1. The third-order valence-electron chi connectivity index (χ3n) is 2.82. The highest BCUT2D eigenvalue weighted by molar-refractivity contribution is 7.09. The van der Waals surface area contributed by atoms with Crippen LogP contribution in [0.3, 0.4) is 0 Å². The fraction of sp³-hybridized carbons (Fsp3) is 0.700. The zero-order valence-electron chi connectivity index (χ0n) is 8.37. The largest absolute Gasteiger partial charge is 0.298 e. The Balaban J connectivity index is 1.90. The molecule has 78 valence electrons. The SMILES string of the molecule is CC1(CCl)CCN(Cc2cncs2)C1. The van der Waals surface area contributed by atoms with Gasteiger partial charge in [-0.25, -0.2) is 0 Å². The Kier molecular flexibility index (Phi) is 3.10. The van der Waals surface area contributed by atoms with Crippen molar-refractivity contribution in [1.29, 1.82) is 0 Å². The number of rotatable bonds is 3. The van der Waals surface area contributed by atoms with E-state index in [2.05, 4.69) is 16.8 Å². The molecule has 1 fully saturated rings. The van der Waals surface area contributed by atoms with Crippen molar-refractivity contribution in [3.05, 3.63) is 16.6 Å². The predicted octanol–water partition coefficient (Wildman–Crippen LogP) is 2.59. The number of hydrogen-bond donors (Lipinski definition) is 0. The summed E-state index contributed by atoms with van der Waals surface area (Å²) in [6.45, 7) is 5.60. The molecule has 0 N–H and O–H groups in total. The fourth-order valence-corrected chi connectivity index (χ4v) is 2.76. The molecule has 14 heavy (non-hydrogen) atoms. The molecule has 0 spiro atoms. The summed E-state index contributed by atoms with van der Waals surface area (Å²) in [4.78, 5) is 7.91. The summed E-state index contributed by atoms with van der Waals surface area (Å²) in [5, 5.41) is 0. The van der Waals surface area contributed by atoms with Crippen molar-refractivity contribution < 1.29 is 0 Å². The minimum atomic E-state index is 0.326. The molecule has 0 bridgehead atoms. The molecular weight excluding hydrogens is 216 g/mol. The van der Waals surface area contributed by atoms with Crippen LogP contribution in [0.25, 0.3) is 0 Å². The fourth-order valence-electron chi connectivity index (χ4n) is 1.91. The second-order valence-corrected chi connectivity index (χ2v) is 5.61. The van der Waals surface area contributed by atoms with Gasteiger partial charge in [0.1, 0.15) is 0 Å². The van der Waals surface area contributed by atoms with Gasteiger partial charge in [0.2, 0.25) is 0 Å². The Hall–Kier alpha value is -0.120. The predicted molar refractivity (Wildman–Crippen MR) is 60.8 cm³/mol. The van der Waals surface area contributed by atoms with E-state index >= 15 is 0 Å². The third kappa shape index (κ3) is 2.27. The summed E-state index contributed by atoms with van der Waals surface area (Å²) < 4.78 is 0. The number of thiazole rings is 1. The van der Waals surface area contributed by atoms with Gasteiger partial charge in [0, 0.05) is 30.0 Å². The molecule has 1 saturated heterocycles. The van der Waals surface area contributed by atoms with Crippen LogP contribution in [-0.4, -0.2) is 28.9 Å². The van der Waals surface area contributed by atoms with E-state index in [-0.39, 0.29) is 0 Å². The topological polar surface area (TPSA) is 16.1 Å². The molecule has 2 heterocycles. The minimum absolute atomic E-state index is 0.326. The molecule has 4 heteroatoms. The first-order valence-corrected chi connectivity index (χ1v) is 6.29. The average Bonchev–Trinajstić information content (AvgIpc) is 2.78. The molecule has 0 radical (unpaired) electrons. The van der Waals surface area contributed by atoms with E-state index in [4.69, 9.17) is 11.6 Å². The Morgan fingerprint density at radius 2 is 2.57 bits per heavy atom. The van der Waals surface area contributed by atoms with Crippen molar-refractivity contribution in [2.45, 2.75) is 19.9 Å². The van der Waals surface area contributed by atoms with Crippen molar-refractivity contribution >= 4 is 22.9 Å². The highest BCUT2D eigenvalue weighted by Gasteiger charge is 2.32. The molecule has 2 nitrogen and oxygen atoms in total. The van der Waals surface area contributed by atoms with Gasteiger partial charge in [0.25, 0.3) is 0 Å². The average molecular weight is 231 g/mol. The van der Waals surface area contributed by atoms with E-state index in [1.165, 1.54) is 17.8 Å². The van der Waals surface area contributed by atoms with Gasteiger partial charge in [0.15, 0.2) is 0 Å². The van der Waals surface area contributed by atoms with Gasteiger partial charge in [-0.05, 0) is 18.4 Å². The Morgan fingerprint density at radius 3 is 3.14 bits per heavy atom. The lowest BCUT2D eigenvalue weighted by Crippen LogP contribution is -2.25. The lowest BCUT2D eigenvalue weighted by atomic mass is 9.93. The molecule has 1 unspecified atom stereocenters. The normalized spacial score (nSPS) is 28.4. The number of halogens is 1. The van der Waals surface area contributed by atoms with Crippen molar-refractivity contribution in [2.75, 3.05) is 19.0 Å². The maximum atomic E-state index is 5.96. The first-order chi connectivity index (χ1) is 6.72. The first kappa shape index (κ1) is 10.4. The molecule has 1 aromatic heterocycles. The van der Waals surface area contributed by atoms with Gasteiger partial charge in [-0.2, -0.15) is 0 Å². The van der Waals surface area contributed by atoms with Gasteiger partial charge >= 0.3 is 0 Å². The summed E-state index contributed by atoms with van der Waals surface area (Å²) in [5.74, 6) is 0.770. The Bertz CT molecular complexity index is 288. The van der Waals surface area contributed by atoms with Gasteiger partial charge < -0.3 is 0 Å². The lowest BCUT2D eigenvalue weighted by molar-refractivity contribution is 0.288. The number of likely N-dealkylation sites (tertiary alicyclic amines) is 1. The zero-order chi connectivity index (χ0) is 10.0. The summed E-state index contributed by atoms with van der Waals surface area (Å²) in [7, 11) is 0. The van der Waals surface area contributed by atoms with E-state index in [1.54, 1.807) is 11.3 Å². The molecule has 1 aromatic rings. The summed E-state index contributed by atoms with van der Waals surface area (Å²) in [6.07, 6.45) is 3.18. The monoisotopic (exact) mass is 230 g/mol. The molecule has 1 aliphatic rings. The van der Waals surface area contributed by atoms with Gasteiger partial charge in [0.05, 0.1) is 5.51 Å². The molecule has 0 amide bonds. The third-order valence-corrected chi connectivity index (χ3v) is 4.23. The van der Waals surface area contributed by atoms with Crippen molar-refractivity contribution in [1.82, 2.24) is 9.88 Å². The summed E-state index contributed by atoms with van der Waals surface area (Å²) in [6, 6.07) is 0. The van der Waals surface area contributed by atoms with Crippen LogP contribution in [-0.2, 0) is 6.54 Å². The van der Waals surface area contributed by atoms with E-state index in [0.717, 1.165) is 19.0 Å². The minimum Gasteiger partial charge on any atom is -0.298 e. The number of aromatic nitrogens is 1. The second kappa shape index (κ2) is 4.17. The highest BCUT2D eigenvalue weighted by atomic mass is 35.5. The number of nitrogens with zero attached hydrogens (tertiary/aromatic N) is 2. The van der Waals surface area contributed by atoms with Crippen LogP contribution in [0.1, 0.15) is 18.2 Å². The van der Waals surface area contributed by atoms with E-state index in [9.17, 15) is 0 Å². The standard InChI is InChI=1S/C10H15ClN2S/c1-10(6-11)2-3-13(7-10)5-9-4-12-8-14-9/h4,8H,2-3,5-7H2,1H3. The molecule has 1 atom stereocenters. The molecule has 0 saturated carbocycles. The highest BCUT2D eigenvalue weighted by Crippen LogP contribution is 2.32. The van der Waals surface area contributed by atoms with Gasteiger partial charge in [-0.3, -0.25) is 9.88 Å². The first-order valence-electron chi connectivity index (χ1n) is 4.88. The summed E-state index contributed by atoms with van der Waals surface area (Å²) >= 11 is 7.69. The Labute approximate surface area is 93.9 Å². The van der Waals surface area contributed by atoms with E-state index in [1.807, 2.05) is 11.7 Å². The van der Waals surface area contributed by atoms with Crippen molar-refractivity contribution in [3.63, 3.8) is 0 Å². The zero-order valence-corrected chi connectivity index (χ0v) is 9.94. The molecule has 2 rings (SSSR count). The van der Waals surface area contributed by atoms with Crippen LogP contribution in [0.15, 0.2) is 11.7 Å². The Morgan fingerprint density at radius 1 is 1.71 bits per heavy atom. The molecular formula is C10H15ClN2S. The quantitative estimate of drug-likeness (QED) is 0.743. The molecule has 0 aromatic carbocycles. The maximum absolute atomic E-state index is 5.96. The van der Waals surface area contributed by atoms with Gasteiger partial charge in [-0.1, -0.05) is 6.92 Å². The second-order valence-electron chi connectivity index (χ2n) is 4.37.